The molecule has 0 radical (unpaired) electrons. The molecule has 0 spiro atoms. The average molecular weight is 286 g/mol. The van der Waals surface area contributed by atoms with Crippen LogP contribution in [-0.4, -0.2) is 62.8 Å². The van der Waals surface area contributed by atoms with Crippen molar-refractivity contribution >= 4 is 30.7 Å². The van der Waals surface area contributed by atoms with E-state index < -0.39 is 0 Å². The van der Waals surface area contributed by atoms with E-state index in [1.165, 1.54) is 0 Å². The highest BCUT2D eigenvalue weighted by atomic mass is 35.5. The Balaban J connectivity index is 0.00000128. The van der Waals surface area contributed by atoms with Crippen molar-refractivity contribution in [2.75, 3.05) is 45.9 Å². The lowest BCUT2D eigenvalue weighted by molar-refractivity contribution is -0.145. The second kappa shape index (κ2) is 8.94. The predicted molar refractivity (Wildman–Crippen MR) is 71.2 cm³/mol. The molecule has 5 nitrogen and oxygen atoms in total. The van der Waals surface area contributed by atoms with E-state index >= 15 is 0 Å². The van der Waals surface area contributed by atoms with Gasteiger partial charge in [0, 0.05) is 32.7 Å². The molecule has 1 atom stereocenters. The second-order valence-corrected chi connectivity index (χ2v) is 3.99. The van der Waals surface area contributed by atoms with Gasteiger partial charge in [-0.15, -0.1) is 24.8 Å². The summed E-state index contributed by atoms with van der Waals surface area (Å²) in [5, 5.41) is 6.47. The third-order valence-corrected chi connectivity index (χ3v) is 2.85. The highest BCUT2D eigenvalue weighted by Gasteiger charge is 2.26. The monoisotopic (exact) mass is 285 g/mol. The number of ether oxygens (including phenoxy) is 1. The average Bonchev–Trinajstić information content (AvgIpc) is 2.58. The van der Waals surface area contributed by atoms with Crippen molar-refractivity contribution in [3.63, 3.8) is 0 Å². The number of nitrogens with zero attached hydrogens (tertiary/aromatic N) is 1. The van der Waals surface area contributed by atoms with Gasteiger partial charge in [-0.25, -0.2) is 0 Å². The fraction of sp³-hybridized carbons (Fsp3) is 0.900. The molecule has 7 heteroatoms. The maximum Gasteiger partial charge on any atom is 0.253 e. The summed E-state index contributed by atoms with van der Waals surface area (Å²) in [7, 11) is 0. The van der Waals surface area contributed by atoms with E-state index in [4.69, 9.17) is 4.74 Å². The van der Waals surface area contributed by atoms with E-state index in [2.05, 4.69) is 10.6 Å². The fourth-order valence-corrected chi connectivity index (χ4v) is 1.99. The first-order valence-electron chi connectivity index (χ1n) is 5.70. The molecular weight excluding hydrogens is 265 g/mol. The Hall–Kier alpha value is -0.0700. The minimum absolute atomic E-state index is 0. The number of hydrogen-bond acceptors (Lipinski definition) is 4. The molecule has 0 bridgehead atoms. The molecule has 2 aliphatic heterocycles. The number of halogens is 2. The molecule has 0 aromatic heterocycles. The molecule has 0 aromatic rings. The van der Waals surface area contributed by atoms with Crippen LogP contribution in [0.4, 0.5) is 0 Å². The quantitative estimate of drug-likeness (QED) is 0.691. The van der Waals surface area contributed by atoms with Gasteiger partial charge in [-0.2, -0.15) is 0 Å². The first-order chi connectivity index (χ1) is 7.38. The number of hydrogen-bond donors (Lipinski definition) is 2. The third kappa shape index (κ3) is 4.97. The molecule has 0 aromatic carbocycles. The van der Waals surface area contributed by atoms with E-state index in [1.807, 2.05) is 4.90 Å². The second-order valence-electron chi connectivity index (χ2n) is 3.99. The number of nitrogens with one attached hydrogen (secondary N) is 2. The minimum atomic E-state index is -0.267. The topological polar surface area (TPSA) is 53.6 Å². The van der Waals surface area contributed by atoms with E-state index in [0.29, 0.717) is 13.2 Å². The van der Waals surface area contributed by atoms with Crippen LogP contribution in [0.5, 0.6) is 0 Å². The largest absolute Gasteiger partial charge is 0.366 e. The summed E-state index contributed by atoms with van der Waals surface area (Å²) < 4.78 is 5.46. The Kier molecular flexibility index (Phi) is 8.90. The molecule has 0 saturated carbocycles. The van der Waals surface area contributed by atoms with Crippen LogP contribution in [0.25, 0.3) is 0 Å². The van der Waals surface area contributed by atoms with Crippen LogP contribution in [0.3, 0.4) is 0 Å². The molecule has 102 valence electrons. The van der Waals surface area contributed by atoms with Gasteiger partial charge in [-0.3, -0.25) is 4.79 Å². The number of morpholine rings is 1. The van der Waals surface area contributed by atoms with Crippen molar-refractivity contribution in [2.45, 2.75) is 12.5 Å². The fourth-order valence-electron chi connectivity index (χ4n) is 1.99. The Morgan fingerprint density at radius 3 is 2.65 bits per heavy atom. The van der Waals surface area contributed by atoms with Crippen molar-refractivity contribution in [1.29, 1.82) is 0 Å². The van der Waals surface area contributed by atoms with Crippen molar-refractivity contribution in [1.82, 2.24) is 15.5 Å². The summed E-state index contributed by atoms with van der Waals surface area (Å²) in [6, 6.07) is 0. The van der Waals surface area contributed by atoms with Crippen molar-refractivity contribution < 1.29 is 9.53 Å². The Labute approximate surface area is 114 Å². The molecule has 0 unspecified atom stereocenters. The molecule has 0 aliphatic carbocycles. The van der Waals surface area contributed by atoms with Crippen molar-refractivity contribution in [2.24, 2.45) is 0 Å². The highest BCUT2D eigenvalue weighted by Crippen LogP contribution is 2.04. The van der Waals surface area contributed by atoms with Gasteiger partial charge in [0.1, 0.15) is 6.10 Å². The van der Waals surface area contributed by atoms with E-state index in [-0.39, 0.29) is 36.8 Å². The molecule has 2 heterocycles. The molecule has 2 rings (SSSR count). The lowest BCUT2D eigenvalue weighted by atomic mass is 10.2. The first kappa shape index (κ1) is 16.9. The van der Waals surface area contributed by atoms with Crippen LogP contribution in [0.2, 0.25) is 0 Å². The SMILES string of the molecule is Cl.Cl.O=C([C@H]1CNCCO1)N1CCCNCC1. The zero-order valence-corrected chi connectivity index (χ0v) is 11.4. The van der Waals surface area contributed by atoms with Gasteiger partial charge in [0.15, 0.2) is 0 Å². The summed E-state index contributed by atoms with van der Waals surface area (Å²) in [6.45, 7) is 5.71. The zero-order chi connectivity index (χ0) is 10.5. The zero-order valence-electron chi connectivity index (χ0n) is 9.81. The van der Waals surface area contributed by atoms with Crippen LogP contribution in [-0.2, 0) is 9.53 Å². The summed E-state index contributed by atoms with van der Waals surface area (Å²) in [5.74, 6) is 0.144. The molecule has 17 heavy (non-hydrogen) atoms. The van der Waals surface area contributed by atoms with E-state index in [9.17, 15) is 4.79 Å². The van der Waals surface area contributed by atoms with Crippen LogP contribution in [0.1, 0.15) is 6.42 Å². The molecular formula is C10H21Cl2N3O2. The summed E-state index contributed by atoms with van der Waals surface area (Å²) in [4.78, 5) is 14.0. The third-order valence-electron chi connectivity index (χ3n) is 2.85. The highest BCUT2D eigenvalue weighted by molar-refractivity contribution is 5.85. The normalized spacial score (nSPS) is 25.2. The predicted octanol–water partition coefficient (Wildman–Crippen LogP) is -0.360. The smallest absolute Gasteiger partial charge is 0.253 e. The van der Waals surface area contributed by atoms with Crippen molar-refractivity contribution in [3.05, 3.63) is 0 Å². The van der Waals surface area contributed by atoms with Gasteiger partial charge in [0.25, 0.3) is 5.91 Å². The van der Waals surface area contributed by atoms with E-state index in [1.54, 1.807) is 0 Å². The molecule has 2 N–H and O–H groups in total. The van der Waals surface area contributed by atoms with Crippen LogP contribution in [0, 0.1) is 0 Å². The van der Waals surface area contributed by atoms with Gasteiger partial charge in [0.05, 0.1) is 6.61 Å². The van der Waals surface area contributed by atoms with Crippen LogP contribution < -0.4 is 10.6 Å². The standard InChI is InChI=1S/C10H19N3O2.2ClH/c14-10(9-8-12-4-7-15-9)13-5-1-2-11-3-6-13;;/h9,11-12H,1-8H2;2*1H/t9-;;/m1../s1. The molecule has 2 saturated heterocycles. The molecule has 1 amide bonds. The summed E-state index contributed by atoms with van der Waals surface area (Å²) in [5.41, 5.74) is 0. The maximum absolute atomic E-state index is 12.0. The Morgan fingerprint density at radius 2 is 1.94 bits per heavy atom. The Bertz CT molecular complexity index is 218. The summed E-state index contributed by atoms with van der Waals surface area (Å²) >= 11 is 0. The Morgan fingerprint density at radius 1 is 1.12 bits per heavy atom. The summed E-state index contributed by atoms with van der Waals surface area (Å²) in [6.07, 6.45) is 0.767. The van der Waals surface area contributed by atoms with Crippen molar-refractivity contribution in [3.8, 4) is 0 Å². The van der Waals surface area contributed by atoms with Gasteiger partial charge in [0.2, 0.25) is 0 Å². The van der Waals surface area contributed by atoms with Gasteiger partial charge >= 0.3 is 0 Å². The first-order valence-corrected chi connectivity index (χ1v) is 5.70. The van der Waals surface area contributed by atoms with Crippen LogP contribution >= 0.6 is 24.8 Å². The number of carbonyl (C=O) groups is 1. The number of carbonyl (C=O) groups excluding carboxylic acids is 1. The maximum atomic E-state index is 12.0. The minimum Gasteiger partial charge on any atom is -0.366 e. The van der Waals surface area contributed by atoms with E-state index in [0.717, 1.165) is 39.1 Å². The number of amides is 1. The number of rotatable bonds is 1. The van der Waals surface area contributed by atoms with Crippen LogP contribution in [0.15, 0.2) is 0 Å². The molecule has 2 aliphatic rings. The lowest BCUT2D eigenvalue weighted by Crippen LogP contribution is -2.50. The van der Waals surface area contributed by atoms with Gasteiger partial charge in [-0.05, 0) is 13.0 Å². The van der Waals surface area contributed by atoms with Gasteiger partial charge < -0.3 is 20.3 Å². The van der Waals surface area contributed by atoms with Gasteiger partial charge in [-0.1, -0.05) is 0 Å². The lowest BCUT2D eigenvalue weighted by Gasteiger charge is -2.28. The molecule has 2 fully saturated rings.